The fourth-order valence-corrected chi connectivity index (χ4v) is 4.59. The minimum Gasteiger partial charge on any atom is -0.481 e. The molecule has 2 nitrogen and oxygen atoms in total. The van der Waals surface area contributed by atoms with Crippen molar-refractivity contribution in [2.75, 3.05) is 0 Å². The Balaban J connectivity index is 1.72. The van der Waals surface area contributed by atoms with Crippen molar-refractivity contribution in [1.82, 2.24) is 0 Å². The first kappa shape index (κ1) is 21.4. The summed E-state index contributed by atoms with van der Waals surface area (Å²) < 4.78 is 0. The Hall–Kier alpha value is -4.43. The van der Waals surface area contributed by atoms with Gasteiger partial charge >= 0.3 is 5.97 Å². The summed E-state index contributed by atoms with van der Waals surface area (Å²) in [5.74, 6) is -0.831. The maximum absolute atomic E-state index is 11.5. The smallest absolute Gasteiger partial charge is 0.307 e. The average Bonchev–Trinajstić information content (AvgIpc) is 2.89. The predicted octanol–water partition coefficient (Wildman–Crippen LogP) is 7.98. The van der Waals surface area contributed by atoms with Crippen molar-refractivity contribution in [3.63, 3.8) is 0 Å². The fraction of sp³-hybridized carbons (Fsp3) is 0.0312. The zero-order chi connectivity index (χ0) is 23.3. The lowest BCUT2D eigenvalue weighted by Crippen LogP contribution is -2.02. The minimum atomic E-state index is -0.831. The van der Waals surface area contributed by atoms with Gasteiger partial charge in [-0.3, -0.25) is 4.79 Å². The summed E-state index contributed by atoms with van der Waals surface area (Å²) in [6, 6.07) is 43.4. The maximum Gasteiger partial charge on any atom is 0.307 e. The van der Waals surface area contributed by atoms with Crippen LogP contribution < -0.4 is 0 Å². The molecular weight excluding hydrogens is 416 g/mol. The highest BCUT2D eigenvalue weighted by Crippen LogP contribution is 2.41. The summed E-state index contributed by atoms with van der Waals surface area (Å²) in [5.41, 5.74) is 9.65. The van der Waals surface area contributed by atoms with E-state index in [1.807, 2.05) is 42.5 Å². The van der Waals surface area contributed by atoms with E-state index in [4.69, 9.17) is 0 Å². The third-order valence-corrected chi connectivity index (χ3v) is 6.10. The molecule has 0 fully saturated rings. The predicted molar refractivity (Wildman–Crippen MR) is 140 cm³/mol. The Kier molecular flexibility index (Phi) is 6.05. The van der Waals surface area contributed by atoms with E-state index in [1.54, 1.807) is 0 Å². The SMILES string of the molecule is O=C(O)Cc1ccccc1-c1ccccc1-c1ccccc1-c1ccccc1-c1ccccc1. The van der Waals surface area contributed by atoms with Crippen LogP contribution in [0.5, 0.6) is 0 Å². The first-order chi connectivity index (χ1) is 16.7. The second-order valence-electron chi connectivity index (χ2n) is 8.23. The van der Waals surface area contributed by atoms with E-state index in [0.717, 1.165) is 38.9 Å². The van der Waals surface area contributed by atoms with Crippen LogP contribution >= 0.6 is 0 Å². The lowest BCUT2D eigenvalue weighted by Gasteiger charge is -2.18. The second kappa shape index (κ2) is 9.60. The maximum atomic E-state index is 11.5. The van der Waals surface area contributed by atoms with Gasteiger partial charge in [-0.1, -0.05) is 127 Å². The molecule has 5 aromatic rings. The van der Waals surface area contributed by atoms with Crippen LogP contribution in [-0.4, -0.2) is 11.1 Å². The number of carboxylic acids is 1. The quantitative estimate of drug-likeness (QED) is 0.291. The molecule has 0 aliphatic heterocycles. The summed E-state index contributed by atoms with van der Waals surface area (Å²) in [5, 5.41) is 9.46. The summed E-state index contributed by atoms with van der Waals surface area (Å²) in [4.78, 5) is 11.5. The summed E-state index contributed by atoms with van der Waals surface area (Å²) in [6.07, 6.45) is -0.0109. The number of carbonyl (C=O) groups is 1. The second-order valence-corrected chi connectivity index (χ2v) is 8.23. The van der Waals surface area contributed by atoms with Crippen molar-refractivity contribution in [3.05, 3.63) is 133 Å². The van der Waals surface area contributed by atoms with Crippen LogP contribution in [0.2, 0.25) is 0 Å². The zero-order valence-electron chi connectivity index (χ0n) is 18.7. The largest absolute Gasteiger partial charge is 0.481 e. The van der Waals surface area contributed by atoms with Gasteiger partial charge in [0.25, 0.3) is 0 Å². The first-order valence-electron chi connectivity index (χ1n) is 11.4. The van der Waals surface area contributed by atoms with Crippen LogP contribution in [0.1, 0.15) is 5.56 Å². The van der Waals surface area contributed by atoms with Gasteiger partial charge in [0.15, 0.2) is 0 Å². The number of aliphatic carboxylic acids is 1. The summed E-state index contributed by atoms with van der Waals surface area (Å²) in [7, 11) is 0. The molecule has 0 aliphatic rings. The van der Waals surface area contributed by atoms with E-state index >= 15 is 0 Å². The molecule has 0 amide bonds. The highest BCUT2D eigenvalue weighted by molar-refractivity contribution is 5.96. The molecular formula is C32H24O2. The van der Waals surface area contributed by atoms with Gasteiger partial charge in [-0.2, -0.15) is 0 Å². The molecule has 0 saturated heterocycles. The highest BCUT2D eigenvalue weighted by atomic mass is 16.4. The molecule has 34 heavy (non-hydrogen) atoms. The molecule has 0 aliphatic carbocycles. The van der Waals surface area contributed by atoms with Crippen LogP contribution in [0.15, 0.2) is 127 Å². The highest BCUT2D eigenvalue weighted by Gasteiger charge is 2.16. The van der Waals surface area contributed by atoms with Crippen molar-refractivity contribution in [1.29, 1.82) is 0 Å². The third-order valence-electron chi connectivity index (χ3n) is 6.10. The van der Waals surface area contributed by atoms with Gasteiger partial charge in [-0.15, -0.1) is 0 Å². The van der Waals surface area contributed by atoms with Gasteiger partial charge in [0, 0.05) is 0 Å². The Labute approximate surface area is 199 Å². The van der Waals surface area contributed by atoms with E-state index in [0.29, 0.717) is 0 Å². The van der Waals surface area contributed by atoms with Gasteiger partial charge in [-0.05, 0) is 50.1 Å². The normalized spacial score (nSPS) is 10.7. The summed E-state index contributed by atoms with van der Waals surface area (Å²) in [6.45, 7) is 0. The molecule has 0 unspecified atom stereocenters. The van der Waals surface area contributed by atoms with Gasteiger partial charge in [0.2, 0.25) is 0 Å². The molecule has 5 aromatic carbocycles. The van der Waals surface area contributed by atoms with Crippen molar-refractivity contribution >= 4 is 5.97 Å². The van der Waals surface area contributed by atoms with Crippen LogP contribution in [0.3, 0.4) is 0 Å². The molecule has 0 heterocycles. The molecule has 0 spiro atoms. The molecule has 0 aromatic heterocycles. The molecule has 5 rings (SSSR count). The van der Waals surface area contributed by atoms with Gasteiger partial charge in [-0.25, -0.2) is 0 Å². The van der Waals surface area contributed by atoms with E-state index in [2.05, 4.69) is 84.9 Å². The summed E-state index contributed by atoms with van der Waals surface area (Å²) >= 11 is 0. The number of rotatable bonds is 6. The number of benzene rings is 5. The van der Waals surface area contributed by atoms with Crippen molar-refractivity contribution in [2.45, 2.75) is 6.42 Å². The van der Waals surface area contributed by atoms with Crippen molar-refractivity contribution in [2.24, 2.45) is 0 Å². The van der Waals surface area contributed by atoms with Crippen LogP contribution in [0, 0.1) is 0 Å². The van der Waals surface area contributed by atoms with Gasteiger partial charge < -0.3 is 5.11 Å². The molecule has 0 saturated carbocycles. The van der Waals surface area contributed by atoms with Crippen LogP contribution in [0.4, 0.5) is 0 Å². The molecule has 2 heteroatoms. The number of carboxylic acid groups (broad SMARTS) is 1. The third kappa shape index (κ3) is 4.26. The van der Waals surface area contributed by atoms with Crippen molar-refractivity contribution < 1.29 is 9.90 Å². The van der Waals surface area contributed by atoms with Crippen molar-refractivity contribution in [3.8, 4) is 44.5 Å². The standard InChI is InChI=1S/C32H24O2/c33-32(34)22-24-14-4-5-16-26(24)28-18-8-9-20-30(28)31-21-11-10-19-29(31)27-17-7-6-15-25(27)23-12-2-1-3-13-23/h1-21H,22H2,(H,33,34). The Morgan fingerprint density at radius 2 is 0.794 bits per heavy atom. The molecule has 164 valence electrons. The van der Waals surface area contributed by atoms with E-state index in [1.165, 1.54) is 11.1 Å². The van der Waals surface area contributed by atoms with Crippen LogP contribution in [-0.2, 0) is 11.2 Å². The molecule has 1 N–H and O–H groups in total. The molecule has 0 radical (unpaired) electrons. The Morgan fingerprint density at radius 3 is 1.29 bits per heavy atom. The Bertz CT molecular complexity index is 1450. The fourth-order valence-electron chi connectivity index (χ4n) is 4.59. The number of hydrogen-bond donors (Lipinski definition) is 1. The van der Waals surface area contributed by atoms with Gasteiger partial charge in [0.05, 0.1) is 6.42 Å². The Morgan fingerprint density at radius 1 is 0.441 bits per heavy atom. The van der Waals surface area contributed by atoms with Gasteiger partial charge in [0.1, 0.15) is 0 Å². The van der Waals surface area contributed by atoms with E-state index < -0.39 is 5.97 Å². The first-order valence-corrected chi connectivity index (χ1v) is 11.4. The average molecular weight is 441 g/mol. The van der Waals surface area contributed by atoms with E-state index in [9.17, 15) is 9.90 Å². The minimum absolute atomic E-state index is 0.0109. The zero-order valence-corrected chi connectivity index (χ0v) is 18.7. The van der Waals surface area contributed by atoms with E-state index in [-0.39, 0.29) is 6.42 Å². The lowest BCUT2D eigenvalue weighted by atomic mass is 9.85. The molecule has 0 atom stereocenters. The monoisotopic (exact) mass is 440 g/mol. The number of hydrogen-bond acceptors (Lipinski definition) is 1. The lowest BCUT2D eigenvalue weighted by molar-refractivity contribution is -0.136. The van der Waals surface area contributed by atoms with Crippen LogP contribution in [0.25, 0.3) is 44.5 Å². The topological polar surface area (TPSA) is 37.3 Å². The molecule has 0 bridgehead atoms.